The van der Waals surface area contributed by atoms with Gasteiger partial charge in [0.15, 0.2) is 5.75 Å². The molecule has 0 spiro atoms. The molecule has 2 atom stereocenters. The zero-order valence-electron chi connectivity index (χ0n) is 13.2. The Morgan fingerprint density at radius 3 is 2.62 bits per heavy atom. The molecule has 1 fully saturated rings. The molecule has 0 bridgehead atoms. The first-order valence-electron chi connectivity index (χ1n) is 7.63. The maximum atomic E-state index is 11.7. The summed E-state index contributed by atoms with van der Waals surface area (Å²) in [4.78, 5) is 14.1. The normalized spacial score (nSPS) is 23.4. The van der Waals surface area contributed by atoms with E-state index in [1.165, 1.54) is 12.6 Å². The molecule has 118 valence electrons. The summed E-state index contributed by atoms with van der Waals surface area (Å²) in [6.07, 6.45) is 2.79. The minimum Gasteiger partial charge on any atom is -0.503 e. The highest BCUT2D eigenvalue weighted by Crippen LogP contribution is 2.22. The van der Waals surface area contributed by atoms with Crippen LogP contribution in [0, 0.1) is 11.8 Å². The first-order valence-corrected chi connectivity index (χ1v) is 7.63. The standard InChI is InChI=1S/C16H26N2O3/c1-12-6-13(2)9-17(8-12)10-14-7-15(19)16(20)11-18(14)4-5-21-3/h7,11-13,20H,4-6,8-10H2,1-3H3. The molecule has 0 aliphatic carbocycles. The summed E-state index contributed by atoms with van der Waals surface area (Å²) in [7, 11) is 1.65. The molecule has 1 saturated heterocycles. The second-order valence-corrected chi connectivity index (χ2v) is 6.34. The molecule has 0 amide bonds. The highest BCUT2D eigenvalue weighted by molar-refractivity contribution is 5.20. The van der Waals surface area contributed by atoms with Gasteiger partial charge in [0.05, 0.1) is 12.8 Å². The summed E-state index contributed by atoms with van der Waals surface area (Å²) in [6, 6.07) is 1.55. The van der Waals surface area contributed by atoms with Crippen LogP contribution in [-0.4, -0.2) is 41.4 Å². The predicted molar refractivity (Wildman–Crippen MR) is 82.5 cm³/mol. The Labute approximate surface area is 126 Å². The molecule has 1 aliphatic rings. The molecule has 5 heteroatoms. The van der Waals surface area contributed by atoms with Crippen LogP contribution < -0.4 is 5.43 Å². The van der Waals surface area contributed by atoms with E-state index in [0.29, 0.717) is 25.0 Å². The molecular weight excluding hydrogens is 268 g/mol. The van der Waals surface area contributed by atoms with Gasteiger partial charge < -0.3 is 14.4 Å². The van der Waals surface area contributed by atoms with Gasteiger partial charge in [-0.15, -0.1) is 0 Å². The van der Waals surface area contributed by atoms with E-state index in [1.807, 2.05) is 4.57 Å². The Hall–Kier alpha value is -1.33. The van der Waals surface area contributed by atoms with Crippen molar-refractivity contribution in [2.45, 2.75) is 33.4 Å². The average Bonchev–Trinajstić information content (AvgIpc) is 2.40. The van der Waals surface area contributed by atoms with Crippen molar-refractivity contribution in [1.82, 2.24) is 9.47 Å². The minimum absolute atomic E-state index is 0.199. The van der Waals surface area contributed by atoms with Crippen LogP contribution in [0.4, 0.5) is 0 Å². The van der Waals surface area contributed by atoms with Crippen molar-refractivity contribution in [3.63, 3.8) is 0 Å². The summed E-state index contributed by atoms with van der Waals surface area (Å²) < 4.78 is 7.02. The molecule has 2 heterocycles. The van der Waals surface area contributed by atoms with Gasteiger partial charge in [-0.25, -0.2) is 0 Å². The molecule has 1 aromatic rings. The number of likely N-dealkylation sites (tertiary alicyclic amines) is 1. The fraction of sp³-hybridized carbons (Fsp3) is 0.688. The smallest absolute Gasteiger partial charge is 0.223 e. The maximum Gasteiger partial charge on any atom is 0.223 e. The van der Waals surface area contributed by atoms with Gasteiger partial charge in [-0.05, 0) is 18.3 Å². The van der Waals surface area contributed by atoms with Crippen LogP contribution in [0.25, 0.3) is 0 Å². The van der Waals surface area contributed by atoms with Gasteiger partial charge in [0.25, 0.3) is 0 Å². The zero-order valence-corrected chi connectivity index (χ0v) is 13.2. The molecule has 0 radical (unpaired) electrons. The minimum atomic E-state index is -0.309. The van der Waals surface area contributed by atoms with Gasteiger partial charge in [-0.1, -0.05) is 13.8 Å². The van der Waals surface area contributed by atoms with Crippen molar-refractivity contribution in [3.8, 4) is 5.75 Å². The monoisotopic (exact) mass is 294 g/mol. The van der Waals surface area contributed by atoms with Crippen LogP contribution >= 0.6 is 0 Å². The van der Waals surface area contributed by atoms with E-state index in [9.17, 15) is 9.90 Å². The fourth-order valence-corrected chi connectivity index (χ4v) is 3.29. The van der Waals surface area contributed by atoms with Crippen molar-refractivity contribution in [1.29, 1.82) is 0 Å². The molecule has 5 nitrogen and oxygen atoms in total. The number of hydrogen-bond donors (Lipinski definition) is 1. The van der Waals surface area contributed by atoms with Gasteiger partial charge in [-0.3, -0.25) is 9.69 Å². The first kappa shape index (κ1) is 16.0. The van der Waals surface area contributed by atoms with Crippen molar-refractivity contribution in [3.05, 3.63) is 28.2 Å². The van der Waals surface area contributed by atoms with Crippen molar-refractivity contribution in [2.75, 3.05) is 26.8 Å². The Balaban J connectivity index is 2.17. The van der Waals surface area contributed by atoms with Crippen LogP contribution in [0.5, 0.6) is 5.75 Å². The molecule has 1 aromatic heterocycles. The first-order chi connectivity index (χ1) is 9.99. The predicted octanol–water partition coefficient (Wildman–Crippen LogP) is 1.68. The van der Waals surface area contributed by atoms with Gasteiger partial charge in [0.2, 0.25) is 5.43 Å². The number of hydrogen-bond acceptors (Lipinski definition) is 4. The average molecular weight is 294 g/mol. The lowest BCUT2D eigenvalue weighted by Gasteiger charge is -2.35. The Morgan fingerprint density at radius 1 is 1.33 bits per heavy atom. The number of pyridine rings is 1. The lowest BCUT2D eigenvalue weighted by atomic mass is 9.92. The van der Waals surface area contributed by atoms with Crippen LogP contribution in [-0.2, 0) is 17.8 Å². The van der Waals surface area contributed by atoms with Crippen LogP contribution in [0.1, 0.15) is 26.0 Å². The zero-order chi connectivity index (χ0) is 15.4. The van der Waals surface area contributed by atoms with Gasteiger partial charge >= 0.3 is 0 Å². The molecular formula is C16H26N2O3. The number of rotatable bonds is 5. The van der Waals surface area contributed by atoms with E-state index in [2.05, 4.69) is 18.7 Å². The third-order valence-electron chi connectivity index (χ3n) is 4.06. The molecule has 0 aromatic carbocycles. The second kappa shape index (κ2) is 7.09. The van der Waals surface area contributed by atoms with Gasteiger partial charge in [0.1, 0.15) is 0 Å². The quantitative estimate of drug-likeness (QED) is 0.897. The molecule has 1 aliphatic heterocycles. The van der Waals surface area contributed by atoms with Crippen LogP contribution in [0.2, 0.25) is 0 Å². The largest absolute Gasteiger partial charge is 0.503 e. The highest BCUT2D eigenvalue weighted by Gasteiger charge is 2.22. The van der Waals surface area contributed by atoms with E-state index in [4.69, 9.17) is 4.74 Å². The molecule has 21 heavy (non-hydrogen) atoms. The molecule has 2 unspecified atom stereocenters. The Morgan fingerprint density at radius 2 is 2.00 bits per heavy atom. The topological polar surface area (TPSA) is 54.7 Å². The summed E-state index contributed by atoms with van der Waals surface area (Å²) in [6.45, 7) is 8.61. The summed E-state index contributed by atoms with van der Waals surface area (Å²) >= 11 is 0. The van der Waals surface area contributed by atoms with Crippen molar-refractivity contribution in [2.24, 2.45) is 11.8 Å². The maximum absolute atomic E-state index is 11.7. The number of methoxy groups -OCH3 is 1. The summed E-state index contributed by atoms with van der Waals surface area (Å²) in [5.74, 6) is 1.17. The van der Waals surface area contributed by atoms with E-state index >= 15 is 0 Å². The number of aromatic nitrogens is 1. The summed E-state index contributed by atoms with van der Waals surface area (Å²) in [5, 5.41) is 9.63. The Kier molecular flexibility index (Phi) is 5.42. The molecule has 2 rings (SSSR count). The lowest BCUT2D eigenvalue weighted by molar-refractivity contribution is 0.129. The van der Waals surface area contributed by atoms with E-state index in [1.54, 1.807) is 13.2 Å². The molecule has 0 saturated carbocycles. The van der Waals surface area contributed by atoms with E-state index in [-0.39, 0.29) is 11.2 Å². The van der Waals surface area contributed by atoms with Crippen molar-refractivity contribution < 1.29 is 9.84 Å². The lowest BCUT2D eigenvalue weighted by Crippen LogP contribution is -2.39. The summed E-state index contributed by atoms with van der Waals surface area (Å²) in [5.41, 5.74) is 0.632. The van der Waals surface area contributed by atoms with Gasteiger partial charge in [0, 0.05) is 45.0 Å². The number of nitrogens with zero attached hydrogens (tertiary/aromatic N) is 2. The second-order valence-electron chi connectivity index (χ2n) is 6.34. The van der Waals surface area contributed by atoms with Crippen LogP contribution in [0.3, 0.4) is 0 Å². The van der Waals surface area contributed by atoms with Crippen molar-refractivity contribution >= 4 is 0 Å². The SMILES string of the molecule is COCCn1cc(O)c(=O)cc1CN1CC(C)CC(C)C1. The fourth-order valence-electron chi connectivity index (χ4n) is 3.29. The third-order valence-corrected chi connectivity index (χ3v) is 4.06. The molecule has 1 N–H and O–H groups in total. The van der Waals surface area contributed by atoms with Crippen LogP contribution in [0.15, 0.2) is 17.1 Å². The Bertz CT molecular complexity index is 517. The van der Waals surface area contributed by atoms with Gasteiger partial charge in [-0.2, -0.15) is 0 Å². The van der Waals surface area contributed by atoms with E-state index in [0.717, 1.165) is 25.3 Å². The third kappa shape index (κ3) is 4.32. The van der Waals surface area contributed by atoms with E-state index < -0.39 is 0 Å². The number of aromatic hydroxyl groups is 1. The number of piperidine rings is 1. The highest BCUT2D eigenvalue weighted by atomic mass is 16.5. The number of ether oxygens (including phenoxy) is 1.